The number of likely N-dealkylation sites (N-methyl/N-ethyl adjacent to an activating group) is 1. The van der Waals surface area contributed by atoms with Crippen LogP contribution < -0.4 is 5.32 Å². The van der Waals surface area contributed by atoms with Crippen LogP contribution >= 0.6 is 12.2 Å². The van der Waals surface area contributed by atoms with Gasteiger partial charge in [-0.25, -0.2) is 0 Å². The zero-order chi connectivity index (χ0) is 22.1. The average Bonchev–Trinajstić information content (AvgIpc) is 3.23. The smallest absolute Gasteiger partial charge is 0.170 e. The Kier molecular flexibility index (Phi) is 6.12. The van der Waals surface area contributed by atoms with E-state index in [4.69, 9.17) is 12.2 Å². The predicted octanol–water partition coefficient (Wildman–Crippen LogP) is 4.33. The fraction of sp³-hybridized carbons (Fsp3) is 0.360. The number of hydrogen-bond acceptors (Lipinski definition) is 3. The molecule has 2 aromatic heterocycles. The van der Waals surface area contributed by atoms with E-state index in [0.717, 1.165) is 23.9 Å². The lowest BCUT2D eigenvalue weighted by molar-refractivity contribution is 0.277. The lowest BCUT2D eigenvalue weighted by Gasteiger charge is -2.29. The molecular weight excluding hydrogens is 402 g/mol. The van der Waals surface area contributed by atoms with Crippen LogP contribution in [0.15, 0.2) is 54.7 Å². The summed E-state index contributed by atoms with van der Waals surface area (Å²) in [6, 6.07) is 17.1. The summed E-state index contributed by atoms with van der Waals surface area (Å²) in [6.07, 6.45) is 1.86. The molecule has 0 spiro atoms. The SMILES string of the molecule is Cc1ccccc1-n1c(C)cc([C@@H]2[C@H](c3ccccn3)NC(=S)N2CCN(C)C)c1C. The molecule has 1 aromatic carbocycles. The summed E-state index contributed by atoms with van der Waals surface area (Å²) in [5.74, 6) is 0. The standard InChI is InChI=1S/C25H31N5S/c1-17-10-6-7-12-22(17)30-18(2)16-20(19(30)3)24-23(21-11-8-9-13-26-21)27-25(31)29(24)15-14-28(4)5/h6-13,16,23-24H,14-15H2,1-5H3,(H,27,31)/t23-,24+/m0/s1. The summed E-state index contributed by atoms with van der Waals surface area (Å²) < 4.78 is 2.37. The van der Waals surface area contributed by atoms with Gasteiger partial charge in [-0.1, -0.05) is 24.3 Å². The first-order valence-corrected chi connectivity index (χ1v) is 11.2. The van der Waals surface area contributed by atoms with Crippen LogP contribution in [0.3, 0.4) is 0 Å². The molecule has 3 heterocycles. The Morgan fingerprint density at radius 2 is 1.81 bits per heavy atom. The number of para-hydroxylation sites is 1. The number of thiocarbonyl (C=S) groups is 1. The fourth-order valence-corrected chi connectivity index (χ4v) is 4.90. The van der Waals surface area contributed by atoms with E-state index >= 15 is 0 Å². The molecule has 0 radical (unpaired) electrons. The third kappa shape index (κ3) is 4.10. The van der Waals surface area contributed by atoms with E-state index < -0.39 is 0 Å². The number of benzene rings is 1. The molecule has 4 rings (SSSR count). The van der Waals surface area contributed by atoms with E-state index in [1.165, 1.54) is 28.2 Å². The van der Waals surface area contributed by atoms with Gasteiger partial charge in [0.25, 0.3) is 0 Å². The second-order valence-electron chi connectivity index (χ2n) is 8.57. The van der Waals surface area contributed by atoms with E-state index in [-0.39, 0.29) is 12.1 Å². The van der Waals surface area contributed by atoms with Crippen molar-refractivity contribution in [1.82, 2.24) is 24.7 Å². The van der Waals surface area contributed by atoms with Gasteiger partial charge in [0.05, 0.1) is 17.8 Å². The molecular formula is C25H31N5S. The summed E-state index contributed by atoms with van der Waals surface area (Å²) in [4.78, 5) is 9.20. The molecule has 1 aliphatic rings. The lowest BCUT2D eigenvalue weighted by Crippen LogP contribution is -2.35. The van der Waals surface area contributed by atoms with Crippen molar-refractivity contribution in [2.45, 2.75) is 32.9 Å². The first-order valence-electron chi connectivity index (χ1n) is 10.8. The average molecular weight is 434 g/mol. The van der Waals surface area contributed by atoms with Crippen molar-refractivity contribution in [3.63, 3.8) is 0 Å². The summed E-state index contributed by atoms with van der Waals surface area (Å²) in [7, 11) is 4.20. The van der Waals surface area contributed by atoms with Crippen molar-refractivity contribution < 1.29 is 0 Å². The maximum absolute atomic E-state index is 5.81. The molecule has 0 saturated carbocycles. The van der Waals surface area contributed by atoms with Crippen LogP contribution in [0.2, 0.25) is 0 Å². The fourth-order valence-electron chi connectivity index (χ4n) is 4.56. The molecule has 0 bridgehead atoms. The third-order valence-electron chi connectivity index (χ3n) is 6.13. The Bertz CT molecular complexity index is 1070. The highest BCUT2D eigenvalue weighted by Crippen LogP contribution is 2.41. The van der Waals surface area contributed by atoms with Gasteiger partial charge in [-0.15, -0.1) is 0 Å². The number of aromatic nitrogens is 2. The van der Waals surface area contributed by atoms with Gasteiger partial charge in [0.1, 0.15) is 0 Å². The van der Waals surface area contributed by atoms with Crippen molar-refractivity contribution in [1.29, 1.82) is 0 Å². The Hall–Kier alpha value is -2.70. The largest absolute Gasteiger partial charge is 0.352 e. The molecule has 0 unspecified atom stereocenters. The maximum atomic E-state index is 5.81. The van der Waals surface area contributed by atoms with Crippen molar-refractivity contribution in [2.75, 3.05) is 27.2 Å². The highest BCUT2D eigenvalue weighted by atomic mass is 32.1. The van der Waals surface area contributed by atoms with Crippen LogP contribution in [0.4, 0.5) is 0 Å². The zero-order valence-electron chi connectivity index (χ0n) is 19.0. The minimum Gasteiger partial charge on any atom is -0.352 e. The van der Waals surface area contributed by atoms with Gasteiger partial charge in [0.15, 0.2) is 5.11 Å². The van der Waals surface area contributed by atoms with Crippen molar-refractivity contribution in [3.05, 3.63) is 82.9 Å². The van der Waals surface area contributed by atoms with Crippen molar-refractivity contribution in [2.24, 2.45) is 0 Å². The number of nitrogens with zero attached hydrogens (tertiary/aromatic N) is 4. The van der Waals surface area contributed by atoms with Gasteiger partial charge in [0.2, 0.25) is 0 Å². The Balaban J connectivity index is 1.82. The molecule has 1 aliphatic heterocycles. The van der Waals surface area contributed by atoms with Gasteiger partial charge >= 0.3 is 0 Å². The first-order chi connectivity index (χ1) is 14.9. The molecule has 1 saturated heterocycles. The van der Waals surface area contributed by atoms with Gasteiger partial charge in [-0.3, -0.25) is 4.98 Å². The summed E-state index contributed by atoms with van der Waals surface area (Å²) >= 11 is 5.81. The highest BCUT2D eigenvalue weighted by Gasteiger charge is 2.41. The van der Waals surface area contributed by atoms with Crippen LogP contribution in [-0.2, 0) is 0 Å². The van der Waals surface area contributed by atoms with Gasteiger partial charge in [0, 0.05) is 36.4 Å². The van der Waals surface area contributed by atoms with Crippen LogP contribution in [-0.4, -0.2) is 51.6 Å². The van der Waals surface area contributed by atoms with E-state index in [9.17, 15) is 0 Å². The zero-order valence-corrected chi connectivity index (χ0v) is 19.8. The van der Waals surface area contributed by atoms with Gasteiger partial charge in [-0.2, -0.15) is 0 Å². The van der Waals surface area contributed by atoms with Gasteiger partial charge in [-0.05, 0) is 82.5 Å². The minimum absolute atomic E-state index is 0.0154. The number of rotatable bonds is 6. The lowest BCUT2D eigenvalue weighted by atomic mass is 9.96. The molecule has 31 heavy (non-hydrogen) atoms. The Morgan fingerprint density at radius 1 is 1.06 bits per heavy atom. The van der Waals surface area contributed by atoms with E-state index in [1.54, 1.807) is 0 Å². The molecule has 0 aliphatic carbocycles. The number of hydrogen-bond donors (Lipinski definition) is 1. The van der Waals surface area contributed by atoms with Crippen LogP contribution in [0.5, 0.6) is 0 Å². The molecule has 5 nitrogen and oxygen atoms in total. The molecule has 1 fully saturated rings. The first kappa shape index (κ1) is 21.5. The third-order valence-corrected chi connectivity index (χ3v) is 6.48. The number of nitrogens with one attached hydrogen (secondary N) is 1. The van der Waals surface area contributed by atoms with Gasteiger partial charge < -0.3 is 19.7 Å². The Labute approximate surface area is 190 Å². The molecule has 2 atom stereocenters. The molecule has 0 amide bonds. The summed E-state index contributed by atoms with van der Waals surface area (Å²) in [5.41, 5.74) is 7.28. The van der Waals surface area contributed by atoms with Crippen molar-refractivity contribution in [3.8, 4) is 5.69 Å². The van der Waals surface area contributed by atoms with Crippen molar-refractivity contribution >= 4 is 17.3 Å². The van der Waals surface area contributed by atoms with Crippen LogP contribution in [0.25, 0.3) is 5.69 Å². The predicted molar refractivity (Wildman–Crippen MR) is 131 cm³/mol. The minimum atomic E-state index is 0.0154. The van der Waals surface area contributed by atoms with E-state index in [0.29, 0.717) is 0 Å². The number of pyridine rings is 1. The highest BCUT2D eigenvalue weighted by molar-refractivity contribution is 7.80. The summed E-state index contributed by atoms with van der Waals surface area (Å²) in [5, 5.41) is 4.36. The summed E-state index contributed by atoms with van der Waals surface area (Å²) in [6.45, 7) is 8.37. The van der Waals surface area contributed by atoms with Crippen LogP contribution in [0, 0.1) is 20.8 Å². The Morgan fingerprint density at radius 3 is 2.48 bits per heavy atom. The molecule has 6 heteroatoms. The second kappa shape index (κ2) is 8.81. The molecule has 162 valence electrons. The number of aryl methyl sites for hydroxylation is 2. The molecule has 3 aromatic rings. The van der Waals surface area contributed by atoms with Crippen LogP contribution in [0.1, 0.15) is 40.3 Å². The topological polar surface area (TPSA) is 36.3 Å². The second-order valence-corrected chi connectivity index (χ2v) is 8.96. The quantitative estimate of drug-likeness (QED) is 0.586. The normalized spacial score (nSPS) is 18.6. The maximum Gasteiger partial charge on any atom is 0.170 e. The molecule has 1 N–H and O–H groups in total. The van der Waals surface area contributed by atoms with E-state index in [2.05, 4.69) is 95.9 Å². The van der Waals surface area contributed by atoms with E-state index in [1.807, 2.05) is 18.3 Å². The monoisotopic (exact) mass is 433 g/mol.